The number of ether oxygens (including phenoxy) is 2. The predicted octanol–water partition coefficient (Wildman–Crippen LogP) is 3.67. The Labute approximate surface area is 161 Å². The van der Waals surface area contributed by atoms with Crippen LogP contribution >= 0.6 is 0 Å². The molecule has 1 saturated carbocycles. The van der Waals surface area contributed by atoms with Crippen LogP contribution in [0, 0.1) is 5.92 Å². The normalized spacial score (nSPS) is 23.6. The Balaban J connectivity index is 1.53. The Morgan fingerprint density at radius 3 is 2.68 bits per heavy atom. The molecule has 1 heterocycles. The molecule has 2 aliphatic carbocycles. The van der Waals surface area contributed by atoms with Gasteiger partial charge in [-0.2, -0.15) is 13.2 Å². The van der Waals surface area contributed by atoms with E-state index in [1.807, 2.05) is 12.2 Å². The number of carbonyl (C=O) groups is 1. The lowest BCUT2D eigenvalue weighted by atomic mass is 10.0. The number of fused-ring (bicyclic) bond motifs is 1. The van der Waals surface area contributed by atoms with Crippen LogP contribution < -0.4 is 10.1 Å². The summed E-state index contributed by atoms with van der Waals surface area (Å²) in [6.45, 7) is 4.14. The van der Waals surface area contributed by atoms with Crippen LogP contribution in [-0.4, -0.2) is 35.7 Å². The number of alkyl halides is 3. The van der Waals surface area contributed by atoms with Gasteiger partial charge in [-0.25, -0.2) is 4.98 Å². The summed E-state index contributed by atoms with van der Waals surface area (Å²) in [5.41, 5.74) is -0.952. The van der Waals surface area contributed by atoms with Crippen molar-refractivity contribution in [2.45, 2.75) is 44.0 Å². The van der Waals surface area contributed by atoms with Gasteiger partial charge < -0.3 is 14.8 Å². The van der Waals surface area contributed by atoms with E-state index in [0.29, 0.717) is 6.54 Å². The Hall–Kier alpha value is -2.35. The van der Waals surface area contributed by atoms with Gasteiger partial charge in [0.1, 0.15) is 11.1 Å². The van der Waals surface area contributed by atoms with Crippen molar-refractivity contribution in [3.8, 4) is 5.88 Å². The molecular weight excluding hydrogens is 373 g/mol. The molecule has 0 radical (unpaired) electrons. The van der Waals surface area contributed by atoms with Gasteiger partial charge >= 0.3 is 12.1 Å². The topological polar surface area (TPSA) is 60.5 Å². The third-order valence-electron chi connectivity index (χ3n) is 5.04. The summed E-state index contributed by atoms with van der Waals surface area (Å²) in [5, 5.41) is 3.17. The molecule has 0 saturated heterocycles. The number of nitrogens with zero attached hydrogens (tertiary/aromatic N) is 1. The maximum absolute atomic E-state index is 12.6. The van der Waals surface area contributed by atoms with Gasteiger partial charge in [0.2, 0.25) is 5.88 Å². The second kappa shape index (κ2) is 7.24. The average Bonchev–Trinajstić information content (AvgIpc) is 3.33. The molecule has 0 amide bonds. The van der Waals surface area contributed by atoms with Crippen LogP contribution in [0.1, 0.15) is 32.3 Å². The van der Waals surface area contributed by atoms with Gasteiger partial charge in [0.15, 0.2) is 0 Å². The lowest BCUT2D eigenvalue weighted by Crippen LogP contribution is -2.47. The molecule has 1 N–H and O–H groups in total. The van der Waals surface area contributed by atoms with Crippen molar-refractivity contribution in [2.24, 2.45) is 5.92 Å². The Bertz CT molecular complexity index is 800. The molecule has 0 aliphatic heterocycles. The highest BCUT2D eigenvalue weighted by Crippen LogP contribution is 2.52. The third kappa shape index (κ3) is 4.38. The first-order chi connectivity index (χ1) is 13.1. The van der Waals surface area contributed by atoms with Gasteiger partial charge in [0.25, 0.3) is 0 Å². The van der Waals surface area contributed by atoms with Crippen molar-refractivity contribution >= 4 is 5.97 Å². The number of esters is 1. The van der Waals surface area contributed by atoms with E-state index in [9.17, 15) is 18.0 Å². The number of nitrogens with one attached hydrogen (secondary N) is 1. The van der Waals surface area contributed by atoms with Crippen molar-refractivity contribution in [1.82, 2.24) is 10.3 Å². The Morgan fingerprint density at radius 1 is 1.36 bits per heavy atom. The molecule has 1 aromatic heterocycles. The summed E-state index contributed by atoms with van der Waals surface area (Å²) in [7, 11) is 1.36. The zero-order valence-electron chi connectivity index (χ0n) is 16.0. The highest BCUT2D eigenvalue weighted by atomic mass is 19.4. The monoisotopic (exact) mass is 396 g/mol. The van der Waals surface area contributed by atoms with Gasteiger partial charge in [-0.3, -0.25) is 4.79 Å². The zero-order chi connectivity index (χ0) is 20.6. The molecule has 152 valence electrons. The fourth-order valence-corrected chi connectivity index (χ4v) is 3.21. The van der Waals surface area contributed by atoms with E-state index in [1.165, 1.54) is 13.2 Å². The summed E-state index contributed by atoms with van der Waals surface area (Å²) in [6, 6.07) is 2.22. The van der Waals surface area contributed by atoms with Crippen LogP contribution in [0.2, 0.25) is 0 Å². The number of pyridine rings is 1. The SMILES string of the molecule is COC(=O)C(C)(C)NCCC1=CC2CC2(Oc2ccc(C(F)(F)F)cn2)C=C1. The minimum Gasteiger partial charge on any atom is -0.468 e. The number of rotatable bonds is 7. The van der Waals surface area contributed by atoms with Gasteiger partial charge in [-0.15, -0.1) is 0 Å². The van der Waals surface area contributed by atoms with E-state index in [2.05, 4.69) is 16.4 Å². The highest BCUT2D eigenvalue weighted by Gasteiger charge is 2.55. The number of hydrogen-bond donors (Lipinski definition) is 1. The molecule has 8 heteroatoms. The van der Waals surface area contributed by atoms with Crippen molar-refractivity contribution in [3.05, 3.63) is 47.7 Å². The summed E-state index contributed by atoms with van der Waals surface area (Å²) in [5.74, 6) is 0.0306. The lowest BCUT2D eigenvalue weighted by Gasteiger charge is -2.23. The first kappa shape index (κ1) is 20.4. The number of methoxy groups -OCH3 is 1. The third-order valence-corrected chi connectivity index (χ3v) is 5.04. The van der Waals surface area contributed by atoms with E-state index in [4.69, 9.17) is 9.47 Å². The molecule has 3 rings (SSSR count). The molecule has 0 bridgehead atoms. The number of aromatic nitrogens is 1. The molecule has 28 heavy (non-hydrogen) atoms. The van der Waals surface area contributed by atoms with Gasteiger partial charge in [-0.05, 0) is 32.4 Å². The predicted molar refractivity (Wildman–Crippen MR) is 96.6 cm³/mol. The molecule has 5 nitrogen and oxygen atoms in total. The van der Waals surface area contributed by atoms with Crippen molar-refractivity contribution < 1.29 is 27.4 Å². The molecule has 1 fully saturated rings. The van der Waals surface area contributed by atoms with Crippen LogP contribution in [0.3, 0.4) is 0 Å². The fraction of sp³-hybridized carbons (Fsp3) is 0.500. The van der Waals surface area contributed by atoms with E-state index in [1.54, 1.807) is 13.8 Å². The maximum atomic E-state index is 12.6. The first-order valence-corrected chi connectivity index (χ1v) is 9.01. The largest absolute Gasteiger partial charge is 0.468 e. The van der Waals surface area contributed by atoms with Crippen molar-refractivity contribution in [1.29, 1.82) is 0 Å². The second-order valence-electron chi connectivity index (χ2n) is 7.62. The number of carbonyl (C=O) groups excluding carboxylic acids is 1. The van der Waals surface area contributed by atoms with E-state index in [0.717, 1.165) is 30.7 Å². The van der Waals surface area contributed by atoms with E-state index in [-0.39, 0.29) is 17.8 Å². The zero-order valence-corrected chi connectivity index (χ0v) is 16.0. The first-order valence-electron chi connectivity index (χ1n) is 9.01. The summed E-state index contributed by atoms with van der Waals surface area (Å²) < 4.78 is 48.5. The van der Waals surface area contributed by atoms with Crippen molar-refractivity contribution in [3.63, 3.8) is 0 Å². The average molecular weight is 396 g/mol. The molecule has 0 spiro atoms. The maximum Gasteiger partial charge on any atom is 0.417 e. The number of hydrogen-bond acceptors (Lipinski definition) is 5. The minimum atomic E-state index is -4.41. The highest BCUT2D eigenvalue weighted by molar-refractivity contribution is 5.79. The van der Waals surface area contributed by atoms with Crippen LogP contribution in [0.5, 0.6) is 5.88 Å². The van der Waals surface area contributed by atoms with E-state index >= 15 is 0 Å². The van der Waals surface area contributed by atoms with E-state index < -0.39 is 22.9 Å². The molecular formula is C20H23F3N2O3. The van der Waals surface area contributed by atoms with Crippen LogP contribution in [-0.2, 0) is 15.7 Å². The quantitative estimate of drug-likeness (QED) is 0.713. The molecule has 0 aromatic carbocycles. The fourth-order valence-electron chi connectivity index (χ4n) is 3.21. The van der Waals surface area contributed by atoms with Gasteiger partial charge in [0, 0.05) is 31.1 Å². The van der Waals surface area contributed by atoms with Crippen LogP contribution in [0.15, 0.2) is 42.1 Å². The minimum absolute atomic E-state index is 0.171. The van der Waals surface area contributed by atoms with Crippen molar-refractivity contribution in [2.75, 3.05) is 13.7 Å². The summed E-state index contributed by atoms with van der Waals surface area (Å²) >= 11 is 0. The summed E-state index contributed by atoms with van der Waals surface area (Å²) in [6.07, 6.45) is 3.88. The van der Waals surface area contributed by atoms with Gasteiger partial charge in [-0.1, -0.05) is 17.7 Å². The molecule has 1 aromatic rings. The van der Waals surface area contributed by atoms with Crippen LogP contribution in [0.25, 0.3) is 0 Å². The molecule has 2 unspecified atom stereocenters. The number of allylic oxidation sites excluding steroid dienone is 1. The van der Waals surface area contributed by atoms with Gasteiger partial charge in [0.05, 0.1) is 12.7 Å². The molecule has 2 aliphatic rings. The second-order valence-corrected chi connectivity index (χ2v) is 7.62. The Morgan fingerprint density at radius 2 is 2.11 bits per heavy atom. The van der Waals surface area contributed by atoms with Crippen LogP contribution in [0.4, 0.5) is 13.2 Å². The Kier molecular flexibility index (Phi) is 5.27. The number of halogens is 3. The molecule has 2 atom stereocenters. The smallest absolute Gasteiger partial charge is 0.417 e. The standard InChI is InChI=1S/C20H23F3N2O3/c1-18(2,17(26)27-3)25-9-7-13-6-8-19(11-15(19)10-13)28-16-5-4-14(12-24-16)20(21,22)23/h4-6,8,10,12,15,25H,7,9,11H2,1-3H3. The lowest BCUT2D eigenvalue weighted by molar-refractivity contribution is -0.147. The summed E-state index contributed by atoms with van der Waals surface area (Å²) in [4.78, 5) is 15.4.